The van der Waals surface area contributed by atoms with Gasteiger partial charge < -0.3 is 4.90 Å². The summed E-state index contributed by atoms with van der Waals surface area (Å²) in [5.41, 5.74) is 0.960. The highest BCUT2D eigenvalue weighted by molar-refractivity contribution is 7.91. The van der Waals surface area contributed by atoms with Crippen molar-refractivity contribution in [2.24, 2.45) is 0 Å². The van der Waals surface area contributed by atoms with Gasteiger partial charge in [0.05, 0.1) is 22.2 Å². The molecule has 1 aromatic rings. The van der Waals surface area contributed by atoms with Crippen LogP contribution in [0.5, 0.6) is 0 Å². The second-order valence-corrected chi connectivity index (χ2v) is 10.3. The van der Waals surface area contributed by atoms with Crippen molar-refractivity contribution in [1.82, 2.24) is 4.90 Å². The maximum absolute atomic E-state index is 12.2. The molecule has 1 fully saturated rings. The minimum atomic E-state index is -3.52. The Balaban J connectivity index is 1.97. The fourth-order valence-electron chi connectivity index (χ4n) is 2.55. The maximum Gasteiger partial charge on any atom is 0.223 e. The number of hydrogen-bond acceptors (Lipinski definition) is 5. The van der Waals surface area contributed by atoms with Crippen molar-refractivity contribution < 1.29 is 21.6 Å². The Labute approximate surface area is 137 Å². The molecular weight excluding hydrogens is 338 g/mol. The molecule has 0 unspecified atom stereocenters. The van der Waals surface area contributed by atoms with Gasteiger partial charge in [0.25, 0.3) is 0 Å². The van der Waals surface area contributed by atoms with E-state index in [9.17, 15) is 21.6 Å². The van der Waals surface area contributed by atoms with Crippen LogP contribution in [0.2, 0.25) is 0 Å². The normalized spacial score (nSPS) is 20.3. The summed E-state index contributed by atoms with van der Waals surface area (Å²) >= 11 is 0. The molecule has 23 heavy (non-hydrogen) atoms. The Kier molecular flexibility index (Phi) is 5.15. The van der Waals surface area contributed by atoms with Gasteiger partial charge in [-0.1, -0.05) is 17.7 Å². The molecule has 1 saturated heterocycles. The first-order chi connectivity index (χ1) is 10.6. The van der Waals surface area contributed by atoms with E-state index in [-0.39, 0.29) is 40.5 Å². The van der Waals surface area contributed by atoms with Crippen LogP contribution in [0.15, 0.2) is 29.2 Å². The van der Waals surface area contributed by atoms with Crippen LogP contribution in [0.1, 0.15) is 18.4 Å². The summed E-state index contributed by atoms with van der Waals surface area (Å²) in [5, 5.41) is 0. The molecule has 0 spiro atoms. The van der Waals surface area contributed by atoms with Crippen LogP contribution in [-0.4, -0.2) is 58.0 Å². The lowest BCUT2D eigenvalue weighted by atomic mass is 10.2. The van der Waals surface area contributed by atoms with Crippen molar-refractivity contribution in [2.75, 3.05) is 24.3 Å². The van der Waals surface area contributed by atoms with Crippen molar-refractivity contribution in [3.63, 3.8) is 0 Å². The standard InChI is InChI=1S/C15H21NO5S2/c1-12-3-5-14(6-4-12)23(20,21)10-8-15(17)16(2)13-7-9-22(18,19)11-13/h3-6,13H,7-11H2,1-2H3/t13-/m1/s1. The van der Waals surface area contributed by atoms with E-state index in [1.54, 1.807) is 12.1 Å². The summed E-state index contributed by atoms with van der Waals surface area (Å²) < 4.78 is 47.4. The Morgan fingerprint density at radius 1 is 1.26 bits per heavy atom. The molecule has 128 valence electrons. The molecule has 0 saturated carbocycles. The van der Waals surface area contributed by atoms with E-state index in [0.29, 0.717) is 6.42 Å². The molecule has 0 aliphatic carbocycles. The predicted octanol–water partition coefficient (Wildman–Crippen LogP) is 0.804. The molecular formula is C15H21NO5S2. The second-order valence-electron chi connectivity index (χ2n) is 5.94. The van der Waals surface area contributed by atoms with Crippen molar-refractivity contribution in [3.8, 4) is 0 Å². The number of amides is 1. The molecule has 0 N–H and O–H groups in total. The van der Waals surface area contributed by atoms with Gasteiger partial charge in [0, 0.05) is 19.5 Å². The van der Waals surface area contributed by atoms with Gasteiger partial charge in [-0.25, -0.2) is 16.8 Å². The number of benzene rings is 1. The SMILES string of the molecule is Cc1ccc(S(=O)(=O)CCC(=O)N(C)[C@@H]2CCS(=O)(=O)C2)cc1. The maximum atomic E-state index is 12.2. The molecule has 0 bridgehead atoms. The first kappa shape index (κ1) is 17.9. The number of nitrogens with zero attached hydrogens (tertiary/aromatic N) is 1. The van der Waals surface area contributed by atoms with E-state index in [2.05, 4.69) is 0 Å². The summed E-state index contributed by atoms with van der Waals surface area (Å²) in [6, 6.07) is 6.13. The van der Waals surface area contributed by atoms with Gasteiger partial charge in [0.1, 0.15) is 0 Å². The Hall–Kier alpha value is -1.41. The molecule has 1 atom stereocenters. The van der Waals surface area contributed by atoms with E-state index in [1.165, 1.54) is 24.1 Å². The van der Waals surface area contributed by atoms with Gasteiger partial charge in [-0.15, -0.1) is 0 Å². The fraction of sp³-hybridized carbons (Fsp3) is 0.533. The monoisotopic (exact) mass is 359 g/mol. The number of hydrogen-bond donors (Lipinski definition) is 0. The van der Waals surface area contributed by atoms with E-state index in [0.717, 1.165) is 5.56 Å². The lowest BCUT2D eigenvalue weighted by Crippen LogP contribution is -2.38. The van der Waals surface area contributed by atoms with Crippen molar-refractivity contribution in [1.29, 1.82) is 0 Å². The smallest absolute Gasteiger partial charge is 0.223 e. The van der Waals surface area contributed by atoms with E-state index < -0.39 is 19.7 Å². The van der Waals surface area contributed by atoms with Gasteiger partial charge in [-0.3, -0.25) is 4.79 Å². The fourth-order valence-corrected chi connectivity index (χ4v) is 5.55. The van der Waals surface area contributed by atoms with Crippen LogP contribution in [0.3, 0.4) is 0 Å². The largest absolute Gasteiger partial charge is 0.342 e. The van der Waals surface area contributed by atoms with E-state index in [4.69, 9.17) is 0 Å². The number of carbonyl (C=O) groups excluding carboxylic acids is 1. The summed E-state index contributed by atoms with van der Waals surface area (Å²) in [5.74, 6) is -0.585. The third-order valence-electron chi connectivity index (χ3n) is 4.11. The summed E-state index contributed by atoms with van der Waals surface area (Å²) in [6.07, 6.45) is 0.262. The average Bonchev–Trinajstić information content (AvgIpc) is 2.84. The molecule has 1 amide bonds. The molecule has 2 rings (SSSR count). The lowest BCUT2D eigenvalue weighted by molar-refractivity contribution is -0.131. The third kappa shape index (κ3) is 4.54. The van der Waals surface area contributed by atoms with E-state index >= 15 is 0 Å². The zero-order valence-corrected chi connectivity index (χ0v) is 14.9. The molecule has 1 aliphatic rings. The Morgan fingerprint density at radius 3 is 2.39 bits per heavy atom. The highest BCUT2D eigenvalue weighted by atomic mass is 32.2. The lowest BCUT2D eigenvalue weighted by Gasteiger charge is -2.23. The highest BCUT2D eigenvalue weighted by Crippen LogP contribution is 2.18. The molecule has 8 heteroatoms. The van der Waals surface area contributed by atoms with Gasteiger partial charge in [-0.05, 0) is 25.5 Å². The zero-order chi connectivity index (χ0) is 17.3. The summed E-state index contributed by atoms with van der Waals surface area (Å²) in [6.45, 7) is 1.87. The predicted molar refractivity (Wildman–Crippen MR) is 87.7 cm³/mol. The molecule has 0 radical (unpaired) electrons. The van der Waals surface area contributed by atoms with Crippen LogP contribution in [0, 0.1) is 6.92 Å². The number of aryl methyl sites for hydroxylation is 1. The van der Waals surface area contributed by atoms with Gasteiger partial charge in [0.2, 0.25) is 5.91 Å². The first-order valence-electron chi connectivity index (χ1n) is 7.36. The number of rotatable bonds is 5. The number of carbonyl (C=O) groups is 1. The minimum Gasteiger partial charge on any atom is -0.342 e. The number of sulfone groups is 2. The van der Waals surface area contributed by atoms with Crippen molar-refractivity contribution in [3.05, 3.63) is 29.8 Å². The minimum absolute atomic E-state index is 0.0417. The molecule has 6 nitrogen and oxygen atoms in total. The zero-order valence-electron chi connectivity index (χ0n) is 13.2. The van der Waals surface area contributed by atoms with E-state index in [1.807, 2.05) is 6.92 Å². The quantitative estimate of drug-likeness (QED) is 0.776. The van der Waals surface area contributed by atoms with Crippen LogP contribution in [-0.2, 0) is 24.5 Å². The molecule has 1 aromatic carbocycles. The second kappa shape index (κ2) is 6.60. The van der Waals surface area contributed by atoms with Crippen molar-refractivity contribution >= 4 is 25.6 Å². The summed E-state index contributed by atoms with van der Waals surface area (Å²) in [4.78, 5) is 13.7. The molecule has 1 aliphatic heterocycles. The van der Waals surface area contributed by atoms with Crippen LogP contribution >= 0.6 is 0 Å². The average molecular weight is 359 g/mol. The van der Waals surface area contributed by atoms with Gasteiger partial charge in [-0.2, -0.15) is 0 Å². The topological polar surface area (TPSA) is 88.6 Å². The first-order valence-corrected chi connectivity index (χ1v) is 10.8. The van der Waals surface area contributed by atoms with Crippen LogP contribution in [0.4, 0.5) is 0 Å². The third-order valence-corrected chi connectivity index (χ3v) is 7.60. The van der Waals surface area contributed by atoms with Crippen LogP contribution < -0.4 is 0 Å². The highest BCUT2D eigenvalue weighted by Gasteiger charge is 2.32. The summed E-state index contributed by atoms with van der Waals surface area (Å²) in [7, 11) is -5.06. The Bertz CT molecular complexity index is 782. The van der Waals surface area contributed by atoms with Crippen molar-refractivity contribution in [2.45, 2.75) is 30.7 Å². The molecule has 1 heterocycles. The van der Waals surface area contributed by atoms with Gasteiger partial charge >= 0.3 is 0 Å². The Morgan fingerprint density at radius 2 is 1.87 bits per heavy atom. The van der Waals surface area contributed by atoms with Crippen LogP contribution in [0.25, 0.3) is 0 Å². The van der Waals surface area contributed by atoms with Gasteiger partial charge in [0.15, 0.2) is 19.7 Å². The molecule has 0 aromatic heterocycles.